The van der Waals surface area contributed by atoms with E-state index in [0.29, 0.717) is 53.6 Å². The summed E-state index contributed by atoms with van der Waals surface area (Å²) in [4.78, 5) is 34.5. The number of pyridine rings is 1. The summed E-state index contributed by atoms with van der Waals surface area (Å²) in [6, 6.07) is 20.2. The van der Waals surface area contributed by atoms with Crippen molar-refractivity contribution in [2.75, 3.05) is 18.1 Å². The molecule has 1 aliphatic rings. The molecule has 7 aromatic rings. The molecular weight excluding hydrogens is 759 g/mol. The minimum atomic E-state index is -1.06. The number of carboxylic acid groups (broad SMARTS) is 1. The van der Waals surface area contributed by atoms with Crippen LogP contribution in [-0.4, -0.2) is 54.0 Å². The zero-order valence-corrected chi connectivity index (χ0v) is 34.5. The van der Waals surface area contributed by atoms with Gasteiger partial charge in [0.2, 0.25) is 0 Å². The molecule has 5 heterocycles. The second-order valence-electron chi connectivity index (χ2n) is 15.1. The lowest BCUT2D eigenvalue weighted by Gasteiger charge is -2.35. The highest BCUT2D eigenvalue weighted by Gasteiger charge is 2.38. The number of carboxylic acids is 1. The molecule has 0 radical (unpaired) electrons. The number of amides is 1. The van der Waals surface area contributed by atoms with Crippen LogP contribution in [0.3, 0.4) is 0 Å². The number of ether oxygens (including phenoxy) is 1. The Labute approximate surface area is 341 Å². The third-order valence-corrected chi connectivity index (χ3v) is 12.3. The predicted molar refractivity (Wildman–Crippen MR) is 227 cm³/mol. The summed E-state index contributed by atoms with van der Waals surface area (Å²) in [5.74, 6) is -0.479. The number of aryl methyl sites for hydroxylation is 5. The summed E-state index contributed by atoms with van der Waals surface area (Å²) in [5, 5.41) is 18.2. The number of benzene rings is 3. The molecule has 0 bridgehead atoms. The van der Waals surface area contributed by atoms with Crippen LogP contribution in [0.4, 0.5) is 5.69 Å². The molecule has 0 spiro atoms. The molecule has 1 N–H and O–H groups in total. The number of aromatic nitrogens is 5. The normalized spacial score (nSPS) is 14.8. The first-order chi connectivity index (χ1) is 27.3. The van der Waals surface area contributed by atoms with E-state index in [-0.39, 0.29) is 17.6 Å². The van der Waals surface area contributed by atoms with Crippen LogP contribution in [0, 0.1) is 27.7 Å². The minimum Gasteiger partial charge on any atom is -0.494 e. The van der Waals surface area contributed by atoms with E-state index in [4.69, 9.17) is 33.0 Å². The Morgan fingerprint density at radius 3 is 2.40 bits per heavy atom. The summed E-state index contributed by atoms with van der Waals surface area (Å²) in [6.07, 6.45) is 2.90. The van der Waals surface area contributed by atoms with Gasteiger partial charge >= 0.3 is 5.97 Å². The van der Waals surface area contributed by atoms with Gasteiger partial charge in [0, 0.05) is 58.4 Å². The van der Waals surface area contributed by atoms with Crippen molar-refractivity contribution in [3.8, 4) is 16.9 Å². The van der Waals surface area contributed by atoms with Gasteiger partial charge in [-0.15, -0.1) is 0 Å². The van der Waals surface area contributed by atoms with E-state index >= 15 is 4.79 Å². The van der Waals surface area contributed by atoms with Gasteiger partial charge in [-0.3, -0.25) is 14.5 Å². The van der Waals surface area contributed by atoms with Crippen LogP contribution < -0.4 is 9.64 Å². The summed E-state index contributed by atoms with van der Waals surface area (Å²) in [7, 11) is 1.92. The number of carbonyl (C=O) groups is 2. The molecule has 0 aliphatic carbocycles. The molecule has 8 rings (SSSR count). The molecule has 0 saturated heterocycles. The van der Waals surface area contributed by atoms with Crippen molar-refractivity contribution >= 4 is 62.6 Å². The molecule has 1 amide bonds. The highest BCUT2D eigenvalue weighted by molar-refractivity contribution is 6.35. The van der Waals surface area contributed by atoms with Gasteiger partial charge in [-0.2, -0.15) is 5.10 Å². The Kier molecular flexibility index (Phi) is 9.90. The van der Waals surface area contributed by atoms with Gasteiger partial charge in [0.1, 0.15) is 17.1 Å². The molecule has 292 valence electrons. The zero-order valence-electron chi connectivity index (χ0n) is 33.0. The van der Waals surface area contributed by atoms with Crippen molar-refractivity contribution in [2.45, 2.75) is 66.5 Å². The number of para-hydroxylation sites is 1. The van der Waals surface area contributed by atoms with Crippen molar-refractivity contribution in [3.05, 3.63) is 128 Å². The van der Waals surface area contributed by atoms with Gasteiger partial charge in [-0.05, 0) is 114 Å². The highest BCUT2D eigenvalue weighted by atomic mass is 35.5. The summed E-state index contributed by atoms with van der Waals surface area (Å²) >= 11 is 13.6. The van der Waals surface area contributed by atoms with E-state index in [2.05, 4.69) is 16.5 Å². The molecule has 1 unspecified atom stereocenters. The van der Waals surface area contributed by atoms with E-state index in [0.717, 1.165) is 66.3 Å². The van der Waals surface area contributed by atoms with Crippen LogP contribution in [-0.2, 0) is 13.5 Å². The molecule has 0 fully saturated rings. The lowest BCUT2D eigenvalue weighted by atomic mass is 9.98. The van der Waals surface area contributed by atoms with E-state index in [1.165, 1.54) is 0 Å². The summed E-state index contributed by atoms with van der Waals surface area (Å²) in [5.41, 5.74) is 10.1. The molecule has 2 atom stereocenters. The van der Waals surface area contributed by atoms with Crippen molar-refractivity contribution < 1.29 is 19.4 Å². The molecule has 57 heavy (non-hydrogen) atoms. The predicted octanol–water partition coefficient (Wildman–Crippen LogP) is 10.5. The fourth-order valence-corrected chi connectivity index (χ4v) is 9.10. The molecule has 10 nitrogen and oxygen atoms in total. The number of rotatable bonds is 10. The second kappa shape index (κ2) is 14.7. The average molecular weight is 804 g/mol. The monoisotopic (exact) mass is 802 g/mol. The van der Waals surface area contributed by atoms with Crippen molar-refractivity contribution in [1.29, 1.82) is 0 Å². The van der Waals surface area contributed by atoms with Gasteiger partial charge < -0.3 is 23.9 Å². The average Bonchev–Trinajstić information content (AvgIpc) is 3.83. The largest absolute Gasteiger partial charge is 0.494 e. The summed E-state index contributed by atoms with van der Waals surface area (Å²) < 4.78 is 12.1. The molecule has 1 aliphatic heterocycles. The number of nitrogens with zero attached hydrogens (tertiary/aromatic N) is 6. The van der Waals surface area contributed by atoms with Crippen LogP contribution in [0.15, 0.2) is 72.9 Å². The molecule has 12 heteroatoms. The summed E-state index contributed by atoms with van der Waals surface area (Å²) in [6.45, 7) is 12.8. The van der Waals surface area contributed by atoms with E-state index in [1.807, 2.05) is 112 Å². The lowest BCUT2D eigenvalue weighted by molar-refractivity contribution is 0.0684. The molecule has 0 saturated carbocycles. The van der Waals surface area contributed by atoms with Crippen LogP contribution in [0.5, 0.6) is 5.75 Å². The maximum atomic E-state index is 15.4. The van der Waals surface area contributed by atoms with Gasteiger partial charge in [-0.25, -0.2) is 4.79 Å². The smallest absolute Gasteiger partial charge is 0.352 e. The number of halogens is 2. The first kappa shape index (κ1) is 38.3. The Morgan fingerprint density at radius 1 is 0.982 bits per heavy atom. The number of fused-ring (bicyclic) bond motifs is 4. The topological polar surface area (TPSA) is 107 Å². The minimum absolute atomic E-state index is 0.121. The third kappa shape index (κ3) is 6.35. The SMILES string of the molecule is Cc1cc(OCCCc2c3n(c4c(-c5c(C)nn(C)c5C)c(Cl)ccc24)[C@H](C)CN(c2cccc4cc(C(=O)O)n(C(C)c5ccccn5)c24)C3=O)cc(C)c1Cl. The first-order valence-corrected chi connectivity index (χ1v) is 19.9. The van der Waals surface area contributed by atoms with Crippen molar-refractivity contribution in [3.63, 3.8) is 0 Å². The molecule has 3 aromatic carbocycles. The Hall–Kier alpha value is -5.58. The first-order valence-electron chi connectivity index (χ1n) is 19.1. The third-order valence-electron chi connectivity index (χ3n) is 11.4. The van der Waals surface area contributed by atoms with Gasteiger partial charge in [0.15, 0.2) is 0 Å². The number of aromatic carboxylic acids is 1. The Morgan fingerprint density at radius 2 is 1.74 bits per heavy atom. The number of anilines is 1. The maximum absolute atomic E-state index is 15.4. The van der Waals surface area contributed by atoms with E-state index in [9.17, 15) is 9.90 Å². The van der Waals surface area contributed by atoms with Crippen LogP contribution in [0.2, 0.25) is 10.0 Å². The molecular formula is C45H44Cl2N6O4. The van der Waals surface area contributed by atoms with Crippen LogP contribution in [0.25, 0.3) is 32.9 Å². The fourth-order valence-electron chi connectivity index (χ4n) is 8.74. The van der Waals surface area contributed by atoms with E-state index in [1.54, 1.807) is 16.8 Å². The van der Waals surface area contributed by atoms with Gasteiger partial charge in [0.25, 0.3) is 5.91 Å². The maximum Gasteiger partial charge on any atom is 0.352 e. The van der Waals surface area contributed by atoms with Gasteiger partial charge in [0.05, 0.1) is 45.8 Å². The van der Waals surface area contributed by atoms with E-state index < -0.39 is 12.0 Å². The standard InChI is InChI=1S/C45H44Cl2N6O4/c1-24-20-31(21-25(2)40(24)47)57-19-11-13-32-33-16-17-34(46)39(38-27(4)49-50(7)29(38)6)42(33)52-26(3)23-51(44(54)43(32)52)36-15-10-12-30-22-37(45(55)56)53(41(30)36)28(5)35-14-8-9-18-48-35/h8-10,12,14-18,20-22,26,28H,11,13,19,23H2,1-7H3,(H,55,56)/t26-,28?/m1/s1. The quantitative estimate of drug-likeness (QED) is 0.138. The second-order valence-corrected chi connectivity index (χ2v) is 15.9. The van der Waals surface area contributed by atoms with Crippen LogP contribution >= 0.6 is 23.2 Å². The lowest BCUT2D eigenvalue weighted by Crippen LogP contribution is -2.43. The number of carbonyl (C=O) groups excluding carboxylic acids is 1. The van der Waals surface area contributed by atoms with Crippen molar-refractivity contribution in [2.24, 2.45) is 7.05 Å². The van der Waals surface area contributed by atoms with Crippen molar-refractivity contribution in [1.82, 2.24) is 23.9 Å². The molecule has 4 aromatic heterocycles. The Balaban J connectivity index is 1.29. The fraction of sp³-hybridized carbons (Fsp3) is 0.289. The van der Waals surface area contributed by atoms with Gasteiger partial charge in [-0.1, -0.05) is 47.5 Å². The van der Waals surface area contributed by atoms with Crippen LogP contribution in [0.1, 0.15) is 87.1 Å². The number of hydrogen-bond donors (Lipinski definition) is 1. The highest BCUT2D eigenvalue weighted by Crippen LogP contribution is 2.46. The number of hydrogen-bond acceptors (Lipinski definition) is 5. The Bertz CT molecular complexity index is 2720. The zero-order chi connectivity index (χ0) is 40.4.